The third kappa shape index (κ3) is 5.67. The minimum atomic E-state index is -0.699. The average Bonchev–Trinajstić information content (AvgIpc) is 2.33. The van der Waals surface area contributed by atoms with E-state index in [1.165, 1.54) is 0 Å². The van der Waals surface area contributed by atoms with Gasteiger partial charge in [-0.1, -0.05) is 11.8 Å². The van der Waals surface area contributed by atoms with Crippen LogP contribution in [0.25, 0.3) is 0 Å². The van der Waals surface area contributed by atoms with Crippen molar-refractivity contribution in [2.24, 2.45) is 11.5 Å². The summed E-state index contributed by atoms with van der Waals surface area (Å²) in [5.41, 5.74) is 12.0. The third-order valence-electron chi connectivity index (χ3n) is 2.74. The molecule has 0 atom stereocenters. The smallest absolute Gasteiger partial charge is 0.251 e. The van der Waals surface area contributed by atoms with Gasteiger partial charge in [-0.25, -0.2) is 0 Å². The van der Waals surface area contributed by atoms with Gasteiger partial charge < -0.3 is 16.8 Å². The van der Waals surface area contributed by atoms with Crippen LogP contribution in [0.1, 0.15) is 41.8 Å². The number of hydrogen-bond donors (Lipinski definition) is 3. The van der Waals surface area contributed by atoms with E-state index >= 15 is 0 Å². The number of amides is 2. The van der Waals surface area contributed by atoms with Crippen molar-refractivity contribution in [2.75, 3.05) is 6.54 Å². The molecule has 0 radical (unpaired) electrons. The quantitative estimate of drug-likeness (QED) is 0.710. The highest BCUT2D eigenvalue weighted by molar-refractivity contribution is 5.95. The van der Waals surface area contributed by atoms with Crippen LogP contribution in [-0.4, -0.2) is 23.9 Å². The maximum atomic E-state index is 12.3. The molecular formula is C16H21N3O2. The van der Waals surface area contributed by atoms with Gasteiger partial charge in [-0.2, -0.15) is 0 Å². The second-order valence-electron chi connectivity index (χ2n) is 5.57. The zero-order valence-electron chi connectivity index (χ0n) is 12.6. The number of benzene rings is 1. The second kappa shape index (κ2) is 6.91. The predicted octanol–water partition coefficient (Wildman–Crippen LogP) is 0.689. The van der Waals surface area contributed by atoms with Crippen molar-refractivity contribution in [3.8, 4) is 11.8 Å². The highest BCUT2D eigenvalue weighted by atomic mass is 16.2. The molecule has 112 valence electrons. The van der Waals surface area contributed by atoms with Gasteiger partial charge in [0.1, 0.15) is 0 Å². The Kier molecular flexibility index (Phi) is 5.51. The van der Waals surface area contributed by atoms with E-state index in [9.17, 15) is 9.59 Å². The van der Waals surface area contributed by atoms with Crippen molar-refractivity contribution in [1.29, 1.82) is 0 Å². The molecular weight excluding hydrogens is 266 g/mol. The van der Waals surface area contributed by atoms with Crippen molar-refractivity contribution in [1.82, 2.24) is 5.32 Å². The third-order valence-corrected chi connectivity index (χ3v) is 2.74. The van der Waals surface area contributed by atoms with Crippen LogP contribution in [0.2, 0.25) is 0 Å². The normalized spacial score (nSPS) is 10.5. The summed E-state index contributed by atoms with van der Waals surface area (Å²) < 4.78 is 0. The van der Waals surface area contributed by atoms with Crippen LogP contribution in [0.3, 0.4) is 0 Å². The van der Waals surface area contributed by atoms with Gasteiger partial charge in [0.25, 0.3) is 5.91 Å². The molecule has 1 aromatic rings. The second-order valence-corrected chi connectivity index (χ2v) is 5.57. The lowest BCUT2D eigenvalue weighted by molar-refractivity contribution is -0.119. The fraction of sp³-hybridized carbons (Fsp3) is 0.375. The molecule has 1 aromatic carbocycles. The molecule has 0 heterocycles. The standard InChI is InChI=1S/C16H21N3O2/c1-11-7-12(5-4-6-17)9-13(8-11)15(21)19-16(2,3)10-14(18)20/h7-9H,6,10,17H2,1-3H3,(H2,18,20)(H,19,21). The molecule has 0 aliphatic heterocycles. The Morgan fingerprint density at radius 3 is 2.52 bits per heavy atom. The Morgan fingerprint density at radius 1 is 1.29 bits per heavy atom. The maximum absolute atomic E-state index is 12.3. The van der Waals surface area contributed by atoms with Crippen LogP contribution >= 0.6 is 0 Å². The molecule has 0 saturated heterocycles. The lowest BCUT2D eigenvalue weighted by Gasteiger charge is -2.24. The Balaban J connectivity index is 2.97. The lowest BCUT2D eigenvalue weighted by atomic mass is 9.99. The van der Waals surface area contributed by atoms with Gasteiger partial charge in [-0.15, -0.1) is 0 Å². The van der Waals surface area contributed by atoms with Gasteiger partial charge in [-0.3, -0.25) is 9.59 Å². The molecule has 0 saturated carbocycles. The van der Waals surface area contributed by atoms with E-state index in [0.29, 0.717) is 5.56 Å². The molecule has 0 fully saturated rings. The van der Waals surface area contributed by atoms with E-state index in [4.69, 9.17) is 11.5 Å². The summed E-state index contributed by atoms with van der Waals surface area (Å²) in [6.07, 6.45) is 0.0738. The number of carbonyl (C=O) groups excluding carboxylic acids is 2. The number of hydrogen-bond acceptors (Lipinski definition) is 3. The zero-order chi connectivity index (χ0) is 16.0. The van der Waals surface area contributed by atoms with E-state index in [-0.39, 0.29) is 18.9 Å². The summed E-state index contributed by atoms with van der Waals surface area (Å²) in [5.74, 6) is 4.94. The number of rotatable bonds is 4. The zero-order valence-corrected chi connectivity index (χ0v) is 12.6. The lowest BCUT2D eigenvalue weighted by Crippen LogP contribution is -2.46. The van der Waals surface area contributed by atoms with Crippen molar-refractivity contribution < 1.29 is 9.59 Å². The highest BCUT2D eigenvalue weighted by Gasteiger charge is 2.23. The highest BCUT2D eigenvalue weighted by Crippen LogP contribution is 2.13. The SMILES string of the molecule is Cc1cc(C#CCN)cc(C(=O)NC(C)(C)CC(N)=O)c1. The molecule has 0 spiro atoms. The molecule has 0 unspecified atom stereocenters. The molecule has 2 amide bonds. The fourth-order valence-corrected chi connectivity index (χ4v) is 2.00. The Labute approximate surface area is 125 Å². The van der Waals surface area contributed by atoms with Gasteiger partial charge in [-0.05, 0) is 44.5 Å². The molecule has 5 nitrogen and oxygen atoms in total. The largest absolute Gasteiger partial charge is 0.370 e. The monoisotopic (exact) mass is 287 g/mol. The van der Waals surface area contributed by atoms with Crippen molar-refractivity contribution >= 4 is 11.8 Å². The summed E-state index contributed by atoms with van der Waals surface area (Å²) in [6.45, 7) is 5.65. The molecule has 0 aromatic heterocycles. The number of nitrogens with one attached hydrogen (secondary N) is 1. The number of aryl methyl sites for hydroxylation is 1. The van der Waals surface area contributed by atoms with Crippen LogP contribution in [0.5, 0.6) is 0 Å². The molecule has 0 bridgehead atoms. The van der Waals surface area contributed by atoms with Crippen molar-refractivity contribution in [2.45, 2.75) is 32.7 Å². The van der Waals surface area contributed by atoms with Crippen LogP contribution in [0.15, 0.2) is 18.2 Å². The maximum Gasteiger partial charge on any atom is 0.251 e. The summed E-state index contributed by atoms with van der Waals surface area (Å²) in [7, 11) is 0. The minimum absolute atomic E-state index is 0.0738. The van der Waals surface area contributed by atoms with Gasteiger partial charge in [0, 0.05) is 23.1 Å². The van der Waals surface area contributed by atoms with Crippen molar-refractivity contribution in [3.05, 3.63) is 34.9 Å². The van der Waals surface area contributed by atoms with Gasteiger partial charge in [0.05, 0.1) is 6.54 Å². The summed E-state index contributed by atoms with van der Waals surface area (Å²) in [4.78, 5) is 23.3. The first-order valence-electron chi connectivity index (χ1n) is 6.65. The number of carbonyl (C=O) groups is 2. The molecule has 1 rings (SSSR count). The van der Waals surface area contributed by atoms with Crippen molar-refractivity contribution in [3.63, 3.8) is 0 Å². The minimum Gasteiger partial charge on any atom is -0.370 e. The first-order chi connectivity index (χ1) is 9.73. The molecule has 5 heteroatoms. The predicted molar refractivity (Wildman–Crippen MR) is 82.5 cm³/mol. The van der Waals surface area contributed by atoms with Gasteiger partial charge >= 0.3 is 0 Å². The van der Waals surface area contributed by atoms with Gasteiger partial charge in [0.15, 0.2) is 0 Å². The average molecular weight is 287 g/mol. The van der Waals surface area contributed by atoms with Crippen LogP contribution in [0, 0.1) is 18.8 Å². The van der Waals surface area contributed by atoms with E-state index in [2.05, 4.69) is 17.2 Å². The van der Waals surface area contributed by atoms with Crippen LogP contribution in [0.4, 0.5) is 0 Å². The van der Waals surface area contributed by atoms with Crippen LogP contribution < -0.4 is 16.8 Å². The number of nitrogens with two attached hydrogens (primary N) is 2. The Hall–Kier alpha value is -2.32. The van der Waals surface area contributed by atoms with E-state index in [1.807, 2.05) is 13.0 Å². The van der Waals surface area contributed by atoms with Crippen LogP contribution in [-0.2, 0) is 4.79 Å². The Morgan fingerprint density at radius 2 is 1.95 bits per heavy atom. The molecule has 21 heavy (non-hydrogen) atoms. The summed E-state index contributed by atoms with van der Waals surface area (Å²) in [6, 6.07) is 5.35. The van der Waals surface area contributed by atoms with E-state index in [1.54, 1.807) is 26.0 Å². The Bertz CT molecular complexity index is 610. The fourth-order valence-electron chi connectivity index (χ4n) is 2.00. The molecule has 0 aliphatic rings. The first kappa shape index (κ1) is 16.7. The molecule has 5 N–H and O–H groups in total. The summed E-state index contributed by atoms with van der Waals surface area (Å²) in [5, 5.41) is 2.80. The first-order valence-corrected chi connectivity index (χ1v) is 6.65. The number of primary amides is 1. The van der Waals surface area contributed by atoms with E-state index in [0.717, 1.165) is 11.1 Å². The van der Waals surface area contributed by atoms with E-state index < -0.39 is 11.4 Å². The topological polar surface area (TPSA) is 98.2 Å². The van der Waals surface area contributed by atoms with Gasteiger partial charge in [0.2, 0.25) is 5.91 Å². The summed E-state index contributed by atoms with van der Waals surface area (Å²) >= 11 is 0. The molecule has 0 aliphatic carbocycles.